The quantitative estimate of drug-likeness (QED) is 0.884. The van der Waals surface area contributed by atoms with E-state index in [1.54, 1.807) is 0 Å². The Bertz CT molecular complexity index is 628. The Morgan fingerprint density at radius 2 is 2.16 bits per heavy atom. The first-order chi connectivity index (χ1) is 8.85. The number of aryl methyl sites for hydroxylation is 2. The molecule has 1 heterocycles. The number of nitrogens with two attached hydrogens (primary N) is 1. The molecule has 0 spiro atoms. The van der Waals surface area contributed by atoms with Crippen molar-refractivity contribution in [3.8, 4) is 0 Å². The lowest BCUT2D eigenvalue weighted by molar-refractivity contribution is -0.123. The molecule has 1 amide bonds. The molecule has 0 aliphatic carbocycles. The number of anilines is 1. The van der Waals surface area contributed by atoms with Crippen LogP contribution in [0, 0.1) is 12.3 Å². The summed E-state index contributed by atoms with van der Waals surface area (Å²) in [5.41, 5.74) is 7.70. The van der Waals surface area contributed by atoms with E-state index >= 15 is 0 Å². The monoisotopic (exact) mass is 260 g/mol. The second-order valence-electron chi connectivity index (χ2n) is 5.46. The van der Waals surface area contributed by atoms with E-state index in [1.807, 2.05) is 50.6 Å². The van der Waals surface area contributed by atoms with Gasteiger partial charge in [0.25, 0.3) is 0 Å². The molecule has 0 aliphatic heterocycles. The Morgan fingerprint density at radius 1 is 1.47 bits per heavy atom. The largest absolute Gasteiger partial charge is 0.331 e. The summed E-state index contributed by atoms with van der Waals surface area (Å²) in [5.74, 6) is 0.864. The van der Waals surface area contributed by atoms with Crippen molar-refractivity contribution in [1.29, 1.82) is 0 Å². The lowest BCUT2D eigenvalue weighted by atomic mass is 9.92. The molecule has 0 saturated heterocycles. The zero-order valence-corrected chi connectivity index (χ0v) is 11.8. The summed E-state index contributed by atoms with van der Waals surface area (Å²) in [6.07, 6.45) is 0. The van der Waals surface area contributed by atoms with Crippen LogP contribution in [-0.2, 0) is 11.8 Å². The summed E-state index contributed by atoms with van der Waals surface area (Å²) in [5, 5.41) is 2.89. The maximum Gasteiger partial charge on any atom is 0.231 e. The van der Waals surface area contributed by atoms with Crippen LogP contribution >= 0.6 is 0 Å². The predicted molar refractivity (Wildman–Crippen MR) is 76.9 cm³/mol. The molecule has 0 atom stereocenters. The minimum absolute atomic E-state index is 0.0815. The molecule has 1 aromatic carbocycles. The van der Waals surface area contributed by atoms with Crippen molar-refractivity contribution in [2.45, 2.75) is 20.8 Å². The highest BCUT2D eigenvalue weighted by molar-refractivity contribution is 5.96. The van der Waals surface area contributed by atoms with Gasteiger partial charge in [0.05, 0.1) is 16.4 Å². The third-order valence-electron chi connectivity index (χ3n) is 3.49. The smallest absolute Gasteiger partial charge is 0.231 e. The van der Waals surface area contributed by atoms with Crippen molar-refractivity contribution in [3.05, 3.63) is 24.0 Å². The molecule has 5 heteroatoms. The second kappa shape index (κ2) is 4.66. The SMILES string of the molecule is Cc1nc2cc(NC(=O)C(C)(C)CN)ccc2n1C. The molecule has 1 aromatic heterocycles. The normalized spacial score (nSPS) is 11.8. The van der Waals surface area contributed by atoms with Gasteiger partial charge in [-0.15, -0.1) is 0 Å². The molecule has 102 valence electrons. The van der Waals surface area contributed by atoms with Crippen LogP contribution in [0.5, 0.6) is 0 Å². The molecule has 0 bridgehead atoms. The van der Waals surface area contributed by atoms with Crippen LogP contribution in [0.1, 0.15) is 19.7 Å². The topological polar surface area (TPSA) is 72.9 Å². The number of hydrogen-bond donors (Lipinski definition) is 2. The van der Waals surface area contributed by atoms with Crippen LogP contribution < -0.4 is 11.1 Å². The number of aromatic nitrogens is 2. The summed E-state index contributed by atoms with van der Waals surface area (Å²) >= 11 is 0. The molecule has 0 saturated carbocycles. The van der Waals surface area contributed by atoms with Gasteiger partial charge in [-0.2, -0.15) is 0 Å². The van der Waals surface area contributed by atoms with Crippen LogP contribution in [-0.4, -0.2) is 22.0 Å². The second-order valence-corrected chi connectivity index (χ2v) is 5.46. The Hall–Kier alpha value is -1.88. The van der Waals surface area contributed by atoms with E-state index in [4.69, 9.17) is 5.73 Å². The predicted octanol–water partition coefficient (Wildman–Crippen LogP) is 1.81. The molecule has 0 fully saturated rings. The van der Waals surface area contributed by atoms with Crippen molar-refractivity contribution in [2.75, 3.05) is 11.9 Å². The molecular formula is C14H20N4O. The van der Waals surface area contributed by atoms with Crippen molar-refractivity contribution in [1.82, 2.24) is 9.55 Å². The molecule has 0 radical (unpaired) electrons. The third-order valence-corrected chi connectivity index (χ3v) is 3.49. The van der Waals surface area contributed by atoms with Gasteiger partial charge in [-0.25, -0.2) is 4.98 Å². The van der Waals surface area contributed by atoms with Crippen molar-refractivity contribution < 1.29 is 4.79 Å². The minimum atomic E-state index is -0.574. The van der Waals surface area contributed by atoms with Gasteiger partial charge in [0.1, 0.15) is 5.82 Å². The fraction of sp³-hybridized carbons (Fsp3) is 0.429. The average molecular weight is 260 g/mol. The van der Waals surface area contributed by atoms with Crippen LogP contribution in [0.25, 0.3) is 11.0 Å². The summed E-state index contributed by atoms with van der Waals surface area (Å²) in [6.45, 7) is 5.91. The van der Waals surface area contributed by atoms with E-state index < -0.39 is 5.41 Å². The van der Waals surface area contributed by atoms with Crippen LogP contribution in [0.4, 0.5) is 5.69 Å². The molecular weight excluding hydrogens is 240 g/mol. The van der Waals surface area contributed by atoms with Crippen LogP contribution in [0.15, 0.2) is 18.2 Å². The molecule has 0 unspecified atom stereocenters. The van der Waals surface area contributed by atoms with E-state index in [9.17, 15) is 4.79 Å². The standard InChI is InChI=1S/C14H20N4O/c1-9-16-11-7-10(5-6-12(11)18(9)4)17-13(19)14(2,3)8-15/h5-7H,8,15H2,1-4H3,(H,17,19). The highest BCUT2D eigenvalue weighted by Gasteiger charge is 2.25. The van der Waals surface area contributed by atoms with E-state index in [0.29, 0.717) is 6.54 Å². The first-order valence-electron chi connectivity index (χ1n) is 6.30. The van der Waals surface area contributed by atoms with Crippen molar-refractivity contribution >= 4 is 22.6 Å². The number of carbonyl (C=O) groups excluding carboxylic acids is 1. The number of nitrogens with zero attached hydrogens (tertiary/aromatic N) is 2. The first-order valence-corrected chi connectivity index (χ1v) is 6.30. The number of rotatable bonds is 3. The van der Waals surface area contributed by atoms with Crippen LogP contribution in [0.3, 0.4) is 0 Å². The molecule has 3 N–H and O–H groups in total. The molecule has 2 rings (SSSR count). The van der Waals surface area contributed by atoms with E-state index in [-0.39, 0.29) is 5.91 Å². The Balaban J connectivity index is 2.30. The number of fused-ring (bicyclic) bond motifs is 1. The summed E-state index contributed by atoms with van der Waals surface area (Å²) < 4.78 is 2.02. The lowest BCUT2D eigenvalue weighted by Gasteiger charge is -2.21. The van der Waals surface area contributed by atoms with Gasteiger partial charge in [0.15, 0.2) is 0 Å². The van der Waals surface area contributed by atoms with E-state index in [2.05, 4.69) is 10.3 Å². The van der Waals surface area contributed by atoms with Gasteiger partial charge in [0.2, 0.25) is 5.91 Å². The van der Waals surface area contributed by atoms with Gasteiger partial charge in [-0.05, 0) is 39.0 Å². The van der Waals surface area contributed by atoms with Crippen LogP contribution in [0.2, 0.25) is 0 Å². The molecule has 19 heavy (non-hydrogen) atoms. The molecule has 5 nitrogen and oxygen atoms in total. The Morgan fingerprint density at radius 3 is 2.79 bits per heavy atom. The first kappa shape index (κ1) is 13.5. The molecule has 2 aromatic rings. The highest BCUT2D eigenvalue weighted by Crippen LogP contribution is 2.21. The van der Waals surface area contributed by atoms with Gasteiger partial charge >= 0.3 is 0 Å². The lowest BCUT2D eigenvalue weighted by Crippen LogP contribution is -2.37. The number of nitrogens with one attached hydrogen (secondary N) is 1. The number of imidazole rings is 1. The van der Waals surface area contributed by atoms with E-state index in [0.717, 1.165) is 22.5 Å². The van der Waals surface area contributed by atoms with Gasteiger partial charge < -0.3 is 15.6 Å². The summed E-state index contributed by atoms with van der Waals surface area (Å²) in [7, 11) is 1.97. The minimum Gasteiger partial charge on any atom is -0.331 e. The Kier molecular flexibility index (Phi) is 3.32. The number of benzene rings is 1. The zero-order chi connectivity index (χ0) is 14.2. The number of amides is 1. The fourth-order valence-electron chi connectivity index (χ4n) is 1.79. The zero-order valence-electron chi connectivity index (χ0n) is 11.8. The summed E-state index contributed by atoms with van der Waals surface area (Å²) in [4.78, 5) is 16.5. The maximum absolute atomic E-state index is 12.1. The average Bonchev–Trinajstić information content (AvgIpc) is 2.64. The number of carbonyl (C=O) groups is 1. The van der Waals surface area contributed by atoms with E-state index in [1.165, 1.54) is 0 Å². The third kappa shape index (κ3) is 2.46. The maximum atomic E-state index is 12.1. The highest BCUT2D eigenvalue weighted by atomic mass is 16.2. The summed E-state index contributed by atoms with van der Waals surface area (Å²) in [6, 6.07) is 5.72. The van der Waals surface area contributed by atoms with Gasteiger partial charge in [-0.1, -0.05) is 0 Å². The fourth-order valence-corrected chi connectivity index (χ4v) is 1.79. The van der Waals surface area contributed by atoms with Crippen molar-refractivity contribution in [3.63, 3.8) is 0 Å². The molecule has 0 aliphatic rings. The van der Waals surface area contributed by atoms with Gasteiger partial charge in [-0.3, -0.25) is 4.79 Å². The Labute approximate surface area is 112 Å². The van der Waals surface area contributed by atoms with Crippen molar-refractivity contribution in [2.24, 2.45) is 18.2 Å². The number of hydrogen-bond acceptors (Lipinski definition) is 3. The van der Waals surface area contributed by atoms with Gasteiger partial charge in [0, 0.05) is 19.3 Å².